The van der Waals surface area contributed by atoms with Crippen LogP contribution in [-0.2, 0) is 28.8 Å². The number of benzene rings is 1. The van der Waals surface area contributed by atoms with Crippen molar-refractivity contribution in [2.45, 2.75) is 38.0 Å². The molecule has 0 amide bonds. The van der Waals surface area contributed by atoms with Crippen molar-refractivity contribution in [1.82, 2.24) is 9.97 Å². The maximum atomic E-state index is 12.5. The number of hydrogen-bond donors (Lipinski definition) is 3. The molecule has 1 aromatic carbocycles. The Morgan fingerprint density at radius 1 is 1.23 bits per heavy atom. The lowest BCUT2D eigenvalue weighted by Gasteiger charge is -2.23. The predicted octanol–water partition coefficient (Wildman–Crippen LogP) is 0.711. The summed E-state index contributed by atoms with van der Waals surface area (Å²) in [5.41, 5.74) is 16.2. The van der Waals surface area contributed by atoms with Crippen LogP contribution in [0, 0.1) is 5.92 Å². The van der Waals surface area contributed by atoms with Gasteiger partial charge in [0.05, 0.1) is 6.61 Å². The van der Waals surface area contributed by atoms with E-state index in [1.165, 1.54) is 17.3 Å². The Hall–Kier alpha value is -2.87. The van der Waals surface area contributed by atoms with Crippen LogP contribution in [0.4, 0.5) is 5.95 Å². The first-order valence-electron chi connectivity index (χ1n) is 10.4. The molecule has 2 aliphatic rings. The van der Waals surface area contributed by atoms with E-state index in [9.17, 15) is 4.79 Å². The van der Waals surface area contributed by atoms with Crippen molar-refractivity contribution in [3.63, 3.8) is 0 Å². The summed E-state index contributed by atoms with van der Waals surface area (Å²) in [7, 11) is 2.03. The summed E-state index contributed by atoms with van der Waals surface area (Å²) < 4.78 is 5.45. The van der Waals surface area contributed by atoms with Gasteiger partial charge < -0.3 is 21.5 Å². The van der Waals surface area contributed by atoms with E-state index in [0.29, 0.717) is 43.5 Å². The van der Waals surface area contributed by atoms with E-state index >= 15 is 0 Å². The fourth-order valence-corrected chi connectivity index (χ4v) is 4.08. The molecular formula is C22H27BN5O2. The highest BCUT2D eigenvalue weighted by Crippen LogP contribution is 2.24. The summed E-state index contributed by atoms with van der Waals surface area (Å²) in [4.78, 5) is 21.6. The smallest absolute Gasteiger partial charge is 0.222 e. The number of carbonyl (C=O) groups excluding carboxylic acids is 1. The van der Waals surface area contributed by atoms with Gasteiger partial charge in [-0.05, 0) is 36.0 Å². The zero-order chi connectivity index (χ0) is 20.9. The third-order valence-electron chi connectivity index (χ3n) is 5.79. The summed E-state index contributed by atoms with van der Waals surface area (Å²) >= 11 is 0. The first-order chi connectivity index (χ1) is 14.6. The molecule has 8 heteroatoms. The second kappa shape index (κ2) is 9.30. The molecule has 30 heavy (non-hydrogen) atoms. The van der Waals surface area contributed by atoms with Gasteiger partial charge in [-0.25, -0.2) is 9.97 Å². The van der Waals surface area contributed by atoms with E-state index in [-0.39, 0.29) is 18.3 Å². The van der Waals surface area contributed by atoms with Crippen molar-refractivity contribution >= 4 is 24.6 Å². The van der Waals surface area contributed by atoms with Gasteiger partial charge in [0.25, 0.3) is 0 Å². The summed E-state index contributed by atoms with van der Waals surface area (Å²) in [6.07, 6.45) is 7.02. The number of hydrogen-bond acceptors (Lipinski definition) is 7. The largest absolute Gasteiger partial charge is 0.403 e. The average molecular weight is 404 g/mol. The lowest BCUT2D eigenvalue weighted by Crippen LogP contribution is -2.37. The molecule has 155 valence electrons. The number of carbonyl (C=O) groups is 1. The lowest BCUT2D eigenvalue weighted by molar-refractivity contribution is -0.126. The number of anilines is 1. The minimum Gasteiger partial charge on any atom is -0.403 e. The maximum Gasteiger partial charge on any atom is 0.222 e. The SMILES string of the molecule is N/C=C(\N)CCOCC(=O)C1C[B]c2nc(NC3Cc4ccccc4C3)ncc2C1. The highest BCUT2D eigenvalue weighted by molar-refractivity contribution is 6.53. The lowest BCUT2D eigenvalue weighted by atomic mass is 9.59. The van der Waals surface area contributed by atoms with Crippen LogP contribution in [0.1, 0.15) is 23.1 Å². The van der Waals surface area contributed by atoms with Crippen molar-refractivity contribution in [2.24, 2.45) is 17.4 Å². The van der Waals surface area contributed by atoms with E-state index < -0.39 is 0 Å². The van der Waals surface area contributed by atoms with E-state index in [1.54, 1.807) is 0 Å². The van der Waals surface area contributed by atoms with Crippen molar-refractivity contribution in [3.8, 4) is 0 Å². The van der Waals surface area contributed by atoms with Crippen LogP contribution < -0.4 is 22.4 Å². The molecule has 0 saturated heterocycles. The third kappa shape index (κ3) is 4.82. The van der Waals surface area contributed by atoms with Gasteiger partial charge in [-0.3, -0.25) is 4.79 Å². The Morgan fingerprint density at radius 3 is 2.73 bits per heavy atom. The Bertz CT molecular complexity index is 924. The number of ether oxygens (including phenoxy) is 1. The van der Waals surface area contributed by atoms with Crippen LogP contribution in [-0.4, -0.2) is 42.3 Å². The van der Waals surface area contributed by atoms with Crippen LogP contribution >= 0.6 is 0 Å². The van der Waals surface area contributed by atoms with Gasteiger partial charge in [-0.15, -0.1) is 0 Å². The zero-order valence-corrected chi connectivity index (χ0v) is 17.0. The second-order valence-electron chi connectivity index (χ2n) is 7.97. The Morgan fingerprint density at radius 2 is 2.00 bits per heavy atom. The monoisotopic (exact) mass is 404 g/mol. The van der Waals surface area contributed by atoms with E-state index in [4.69, 9.17) is 16.2 Å². The summed E-state index contributed by atoms with van der Waals surface area (Å²) in [5, 5.41) is 3.47. The van der Waals surface area contributed by atoms with Gasteiger partial charge in [-0.2, -0.15) is 0 Å². The molecule has 7 nitrogen and oxygen atoms in total. The topological polar surface area (TPSA) is 116 Å². The van der Waals surface area contributed by atoms with Gasteiger partial charge in [0.1, 0.15) is 6.61 Å². The quantitative estimate of drug-likeness (QED) is 0.438. The number of fused-ring (bicyclic) bond motifs is 2. The number of nitrogens with two attached hydrogens (primary N) is 2. The van der Waals surface area contributed by atoms with Crippen molar-refractivity contribution in [1.29, 1.82) is 0 Å². The van der Waals surface area contributed by atoms with Gasteiger partial charge in [0.15, 0.2) is 13.1 Å². The minimum atomic E-state index is -0.0911. The van der Waals surface area contributed by atoms with Crippen molar-refractivity contribution in [3.05, 3.63) is 59.0 Å². The third-order valence-corrected chi connectivity index (χ3v) is 5.79. The molecule has 2 heterocycles. The van der Waals surface area contributed by atoms with Crippen LogP contribution in [0.3, 0.4) is 0 Å². The van der Waals surface area contributed by atoms with Crippen LogP contribution in [0.15, 0.2) is 42.4 Å². The van der Waals surface area contributed by atoms with Crippen LogP contribution in [0.5, 0.6) is 0 Å². The molecule has 1 aliphatic heterocycles. The van der Waals surface area contributed by atoms with Crippen LogP contribution in [0.2, 0.25) is 6.32 Å². The molecule has 1 atom stereocenters. The fourth-order valence-electron chi connectivity index (χ4n) is 4.08. The van der Waals surface area contributed by atoms with Gasteiger partial charge in [0.2, 0.25) is 5.95 Å². The Labute approximate surface area is 177 Å². The van der Waals surface area contributed by atoms with Gasteiger partial charge in [-0.1, -0.05) is 30.6 Å². The maximum absolute atomic E-state index is 12.5. The van der Waals surface area contributed by atoms with Crippen molar-refractivity contribution < 1.29 is 9.53 Å². The molecule has 1 radical (unpaired) electrons. The molecule has 0 saturated carbocycles. The molecule has 1 unspecified atom stereocenters. The number of nitrogens with zero attached hydrogens (tertiary/aromatic N) is 2. The number of rotatable bonds is 8. The second-order valence-corrected chi connectivity index (χ2v) is 7.97. The minimum absolute atomic E-state index is 0.0911. The molecule has 0 bridgehead atoms. The van der Waals surface area contributed by atoms with E-state index in [2.05, 4.69) is 39.6 Å². The number of aromatic nitrogens is 2. The van der Waals surface area contributed by atoms with Crippen molar-refractivity contribution in [2.75, 3.05) is 18.5 Å². The van der Waals surface area contributed by atoms with Gasteiger partial charge in [0, 0.05) is 42.1 Å². The number of ketones is 1. The van der Waals surface area contributed by atoms with Crippen LogP contribution in [0.25, 0.3) is 0 Å². The van der Waals surface area contributed by atoms with Gasteiger partial charge >= 0.3 is 0 Å². The standard InChI is InChI=1S/C22H27BN5O2/c24-11-18(25)5-6-30-13-20(29)16-7-17-12-26-22(28-21(17)23-10-16)27-19-8-14-3-1-2-4-15(14)9-19/h1-4,11-12,16,19H,5-10,13,24-25H2,(H,26,27,28)/b18-11-. The average Bonchev–Trinajstić information content (AvgIpc) is 3.18. The normalized spacial score (nSPS) is 18.4. The zero-order valence-electron chi connectivity index (χ0n) is 17.0. The predicted molar refractivity (Wildman–Crippen MR) is 118 cm³/mol. The molecule has 1 aliphatic carbocycles. The van der Waals surface area contributed by atoms with E-state index in [1.807, 2.05) is 13.5 Å². The molecule has 5 N–H and O–H groups in total. The molecule has 0 spiro atoms. The number of Topliss-reactive ketones (excluding diaryl/α,β-unsaturated/α-hetero) is 1. The molecule has 1 aromatic heterocycles. The summed E-state index contributed by atoms with van der Waals surface area (Å²) in [6.45, 7) is 0.482. The highest BCUT2D eigenvalue weighted by Gasteiger charge is 2.27. The summed E-state index contributed by atoms with van der Waals surface area (Å²) in [6, 6.07) is 8.85. The fraction of sp³-hybridized carbons (Fsp3) is 0.409. The summed E-state index contributed by atoms with van der Waals surface area (Å²) in [5.74, 6) is 0.659. The van der Waals surface area contributed by atoms with E-state index in [0.717, 1.165) is 24.0 Å². The molecule has 2 aromatic rings. The number of nitrogens with one attached hydrogen (secondary N) is 1. The molecule has 0 fully saturated rings. The first-order valence-corrected chi connectivity index (χ1v) is 10.4. The highest BCUT2D eigenvalue weighted by atomic mass is 16.5. The Kier molecular flexibility index (Phi) is 6.33. The first kappa shape index (κ1) is 20.4. The molecule has 4 rings (SSSR count). The Balaban J connectivity index is 1.29. The molecular weight excluding hydrogens is 377 g/mol.